The van der Waals surface area contributed by atoms with Crippen molar-refractivity contribution in [2.24, 2.45) is 0 Å². The third-order valence-corrected chi connectivity index (χ3v) is 6.29. The number of sulfonamides is 1. The molecule has 0 aliphatic carbocycles. The highest BCUT2D eigenvalue weighted by Crippen LogP contribution is 2.14. The fraction of sp³-hybridized carbons (Fsp3) is 0.368. The second kappa shape index (κ2) is 8.57. The molecule has 8 nitrogen and oxygen atoms in total. The third-order valence-electron chi connectivity index (χ3n) is 4.44. The van der Waals surface area contributed by atoms with Crippen molar-refractivity contribution in [3.8, 4) is 0 Å². The van der Waals surface area contributed by atoms with Crippen molar-refractivity contribution >= 4 is 21.9 Å². The molecule has 9 heteroatoms. The number of ether oxygens (including phenoxy) is 1. The zero-order chi connectivity index (χ0) is 20.1. The minimum Gasteiger partial charge on any atom is -0.454 e. The highest BCUT2D eigenvalue weighted by molar-refractivity contribution is 7.88. The first-order chi connectivity index (χ1) is 13.3. The topological polar surface area (TPSA) is 97.1 Å². The van der Waals surface area contributed by atoms with Crippen LogP contribution >= 0.6 is 0 Å². The highest BCUT2D eigenvalue weighted by atomic mass is 32.2. The molecular formula is C19H22N2O6S. The van der Waals surface area contributed by atoms with Crippen LogP contribution in [0.4, 0.5) is 0 Å². The first-order valence-electron chi connectivity index (χ1n) is 8.88. The van der Waals surface area contributed by atoms with Gasteiger partial charge in [-0.05, 0) is 24.6 Å². The number of hydrogen-bond acceptors (Lipinski definition) is 6. The van der Waals surface area contributed by atoms with Crippen molar-refractivity contribution < 1.29 is 27.2 Å². The average Bonchev–Trinajstić information content (AvgIpc) is 3.13. The smallest absolute Gasteiger partial charge is 0.374 e. The Morgan fingerprint density at radius 1 is 1.04 bits per heavy atom. The predicted molar refractivity (Wildman–Crippen MR) is 101 cm³/mol. The quantitative estimate of drug-likeness (QED) is 0.673. The van der Waals surface area contributed by atoms with Crippen LogP contribution in [0.1, 0.15) is 21.9 Å². The summed E-state index contributed by atoms with van der Waals surface area (Å²) in [5, 5.41) is 0. The zero-order valence-electron chi connectivity index (χ0n) is 15.5. The van der Waals surface area contributed by atoms with Gasteiger partial charge in [0.15, 0.2) is 6.61 Å². The number of amides is 1. The van der Waals surface area contributed by atoms with E-state index in [2.05, 4.69) is 0 Å². The zero-order valence-corrected chi connectivity index (χ0v) is 16.4. The number of carbonyl (C=O) groups excluding carboxylic acids is 2. The second-order valence-electron chi connectivity index (χ2n) is 6.51. The molecule has 1 aromatic heterocycles. The fourth-order valence-electron chi connectivity index (χ4n) is 2.93. The summed E-state index contributed by atoms with van der Waals surface area (Å²) in [5.74, 6) is -0.516. The Balaban J connectivity index is 1.47. The maximum absolute atomic E-state index is 12.5. The molecule has 1 amide bonds. The van der Waals surface area contributed by atoms with E-state index in [1.54, 1.807) is 37.3 Å². The normalized spacial score (nSPS) is 15.4. The largest absolute Gasteiger partial charge is 0.454 e. The molecule has 0 atom stereocenters. The minimum atomic E-state index is -3.45. The van der Waals surface area contributed by atoms with E-state index < -0.39 is 22.6 Å². The van der Waals surface area contributed by atoms with Gasteiger partial charge in [0.2, 0.25) is 15.8 Å². The van der Waals surface area contributed by atoms with E-state index in [1.165, 1.54) is 15.3 Å². The summed E-state index contributed by atoms with van der Waals surface area (Å²) in [7, 11) is -3.45. The van der Waals surface area contributed by atoms with Crippen LogP contribution in [0, 0.1) is 6.92 Å². The molecule has 1 aliphatic heterocycles. The van der Waals surface area contributed by atoms with Gasteiger partial charge in [-0.3, -0.25) is 4.79 Å². The Labute approximate surface area is 163 Å². The summed E-state index contributed by atoms with van der Waals surface area (Å²) in [5.41, 5.74) is 0.723. The van der Waals surface area contributed by atoms with Crippen molar-refractivity contribution in [1.82, 2.24) is 9.21 Å². The number of carbonyl (C=O) groups is 2. The number of aryl methyl sites for hydroxylation is 1. The minimum absolute atomic E-state index is 0.0436. The van der Waals surface area contributed by atoms with Gasteiger partial charge in [-0.25, -0.2) is 13.2 Å². The predicted octanol–water partition coefficient (Wildman–Crippen LogP) is 1.42. The number of esters is 1. The molecule has 0 unspecified atom stereocenters. The molecule has 2 heterocycles. The van der Waals surface area contributed by atoms with Crippen LogP contribution in [0.25, 0.3) is 0 Å². The standard InChI is InChI=1S/C19H22N2O6S/c1-15-7-8-17(27-15)19(23)26-13-18(22)20-9-11-21(12-10-20)28(24,25)14-16-5-3-2-4-6-16/h2-8H,9-14H2,1H3. The number of rotatable bonds is 6. The van der Waals surface area contributed by atoms with Crippen molar-refractivity contribution in [2.45, 2.75) is 12.7 Å². The van der Waals surface area contributed by atoms with Crippen molar-refractivity contribution in [3.05, 3.63) is 59.5 Å². The first kappa shape index (κ1) is 20.1. The van der Waals surface area contributed by atoms with Crippen LogP contribution in [0.2, 0.25) is 0 Å². The Hall–Kier alpha value is -2.65. The molecule has 0 bridgehead atoms. The molecule has 3 rings (SSSR count). The Kier molecular flexibility index (Phi) is 6.15. The summed E-state index contributed by atoms with van der Waals surface area (Å²) in [6.45, 7) is 2.23. The van der Waals surface area contributed by atoms with Crippen LogP contribution in [-0.2, 0) is 25.3 Å². The van der Waals surface area contributed by atoms with Crippen LogP contribution in [0.5, 0.6) is 0 Å². The summed E-state index contributed by atoms with van der Waals surface area (Å²) in [6.07, 6.45) is 0. The lowest BCUT2D eigenvalue weighted by molar-refractivity contribution is -0.135. The number of piperazine rings is 1. The molecular weight excluding hydrogens is 384 g/mol. The van der Waals surface area contributed by atoms with Crippen LogP contribution in [-0.4, -0.2) is 62.3 Å². The van der Waals surface area contributed by atoms with Gasteiger partial charge in [-0.1, -0.05) is 30.3 Å². The van der Waals surface area contributed by atoms with E-state index in [1.807, 2.05) is 6.07 Å². The van der Waals surface area contributed by atoms with Crippen molar-refractivity contribution in [3.63, 3.8) is 0 Å². The monoisotopic (exact) mass is 406 g/mol. The second-order valence-corrected chi connectivity index (χ2v) is 8.48. The van der Waals surface area contributed by atoms with Gasteiger partial charge in [0.1, 0.15) is 5.76 Å². The lowest BCUT2D eigenvalue weighted by Gasteiger charge is -2.33. The SMILES string of the molecule is Cc1ccc(C(=O)OCC(=O)N2CCN(S(=O)(=O)Cc3ccccc3)CC2)o1. The Morgan fingerprint density at radius 2 is 1.71 bits per heavy atom. The lowest BCUT2D eigenvalue weighted by Crippen LogP contribution is -2.51. The van der Waals surface area contributed by atoms with E-state index in [0.717, 1.165) is 5.56 Å². The van der Waals surface area contributed by atoms with Gasteiger partial charge < -0.3 is 14.1 Å². The van der Waals surface area contributed by atoms with Gasteiger partial charge >= 0.3 is 5.97 Å². The van der Waals surface area contributed by atoms with E-state index in [0.29, 0.717) is 5.76 Å². The molecule has 28 heavy (non-hydrogen) atoms. The fourth-order valence-corrected chi connectivity index (χ4v) is 4.44. The molecule has 0 N–H and O–H groups in total. The molecule has 1 fully saturated rings. The lowest BCUT2D eigenvalue weighted by atomic mass is 10.2. The van der Waals surface area contributed by atoms with Crippen molar-refractivity contribution in [2.75, 3.05) is 32.8 Å². The molecule has 1 saturated heterocycles. The average molecular weight is 406 g/mol. The number of nitrogens with zero attached hydrogens (tertiary/aromatic N) is 2. The summed E-state index contributed by atoms with van der Waals surface area (Å²) in [4.78, 5) is 25.6. The number of hydrogen-bond donors (Lipinski definition) is 0. The number of benzene rings is 1. The number of furan rings is 1. The van der Waals surface area contributed by atoms with E-state index in [9.17, 15) is 18.0 Å². The van der Waals surface area contributed by atoms with Gasteiger partial charge in [-0.15, -0.1) is 0 Å². The summed E-state index contributed by atoms with van der Waals surface area (Å²) < 4.78 is 36.6. The highest BCUT2D eigenvalue weighted by Gasteiger charge is 2.29. The van der Waals surface area contributed by atoms with Gasteiger partial charge in [-0.2, -0.15) is 4.31 Å². The first-order valence-corrected chi connectivity index (χ1v) is 10.5. The molecule has 0 radical (unpaired) electrons. The molecule has 1 aliphatic rings. The van der Waals surface area contributed by atoms with Gasteiger partial charge in [0.05, 0.1) is 5.75 Å². The van der Waals surface area contributed by atoms with E-state index in [4.69, 9.17) is 9.15 Å². The van der Waals surface area contributed by atoms with Crippen LogP contribution in [0.15, 0.2) is 46.9 Å². The van der Waals surface area contributed by atoms with E-state index in [-0.39, 0.29) is 43.6 Å². The summed E-state index contributed by atoms with van der Waals surface area (Å²) in [6, 6.07) is 12.1. The Morgan fingerprint density at radius 3 is 2.32 bits per heavy atom. The summed E-state index contributed by atoms with van der Waals surface area (Å²) >= 11 is 0. The molecule has 0 spiro atoms. The van der Waals surface area contributed by atoms with Gasteiger partial charge in [0.25, 0.3) is 5.91 Å². The van der Waals surface area contributed by atoms with E-state index >= 15 is 0 Å². The third kappa shape index (κ3) is 4.99. The van der Waals surface area contributed by atoms with Crippen LogP contribution in [0.3, 0.4) is 0 Å². The molecule has 0 saturated carbocycles. The molecule has 150 valence electrons. The molecule has 2 aromatic rings. The van der Waals surface area contributed by atoms with Crippen LogP contribution < -0.4 is 0 Å². The molecule has 1 aromatic carbocycles. The maximum atomic E-state index is 12.5. The maximum Gasteiger partial charge on any atom is 0.374 e. The van der Waals surface area contributed by atoms with Crippen molar-refractivity contribution in [1.29, 1.82) is 0 Å². The van der Waals surface area contributed by atoms with Gasteiger partial charge in [0, 0.05) is 26.2 Å². The Bertz CT molecular complexity index is 930.